The Labute approximate surface area is 243 Å². The Morgan fingerprint density at radius 3 is 1.63 bits per heavy atom. The number of hydrogen-bond acceptors (Lipinski definition) is 0. The van der Waals surface area contributed by atoms with E-state index in [2.05, 4.69) is 139 Å². The van der Waals surface area contributed by atoms with Crippen molar-refractivity contribution >= 4 is 28.7 Å². The summed E-state index contributed by atoms with van der Waals surface area (Å²) in [4.78, 5) is 0. The van der Waals surface area contributed by atoms with Gasteiger partial charge in [-0.25, -0.2) is 0 Å². The summed E-state index contributed by atoms with van der Waals surface area (Å²) in [5, 5.41) is 0. The van der Waals surface area contributed by atoms with Crippen LogP contribution in [0, 0.1) is 0 Å². The molecule has 5 rings (SSSR count). The normalized spacial score (nSPS) is 15.3. The molecule has 4 aromatic carbocycles. The SMILES string of the molecule is CC(C)(C)c1cc(-c2c(-c3ccccc3)ccc3c2C=C(c2ccccc2)[CH]3[Zr]([Cl])[Cl])cc(C(C)(C)C)c1. The van der Waals surface area contributed by atoms with E-state index in [9.17, 15) is 0 Å². The van der Waals surface area contributed by atoms with Crippen molar-refractivity contribution in [2.75, 3.05) is 0 Å². The average Bonchev–Trinajstić information content (AvgIpc) is 3.28. The van der Waals surface area contributed by atoms with Crippen molar-refractivity contribution in [3.8, 4) is 22.3 Å². The van der Waals surface area contributed by atoms with Gasteiger partial charge in [-0.3, -0.25) is 0 Å². The molecule has 4 aromatic rings. The third-order valence-electron chi connectivity index (χ3n) is 7.56. The minimum atomic E-state index is -2.73. The van der Waals surface area contributed by atoms with Gasteiger partial charge >= 0.3 is 245 Å². The third-order valence-corrected chi connectivity index (χ3v) is 12.7. The Hall–Kier alpha value is -1.92. The minimum absolute atomic E-state index is 0.0294. The Kier molecular flexibility index (Phi) is 7.69. The molecule has 0 saturated carbocycles. The molecular formula is C35H35Cl2Zr. The standard InChI is InChI=1S/C35H35.2ClH.Zr/c1-34(2,3)29-20-28(21-30(23-29)35(4,5)6)33-31(25-15-11-8-12-16-25)18-17-26-19-27(22-32(26)33)24-13-9-7-10-14-24;;;/h7-23H,1-6H3;2*1H;/q;;;+2/p-2. The first-order valence-corrected chi connectivity index (χ1v) is 21.0. The van der Waals surface area contributed by atoms with Gasteiger partial charge in [0, 0.05) is 0 Å². The van der Waals surface area contributed by atoms with E-state index in [4.69, 9.17) is 17.0 Å². The van der Waals surface area contributed by atoms with Crippen LogP contribution in [-0.2, 0) is 30.2 Å². The summed E-state index contributed by atoms with van der Waals surface area (Å²) < 4.78 is 0.106. The van der Waals surface area contributed by atoms with Gasteiger partial charge in [-0.2, -0.15) is 0 Å². The van der Waals surface area contributed by atoms with Gasteiger partial charge in [0.25, 0.3) is 0 Å². The predicted molar refractivity (Wildman–Crippen MR) is 163 cm³/mol. The maximum absolute atomic E-state index is 6.90. The molecule has 1 atom stereocenters. The van der Waals surface area contributed by atoms with Gasteiger partial charge in [-0.05, 0) is 0 Å². The van der Waals surface area contributed by atoms with Crippen LogP contribution in [-0.4, -0.2) is 0 Å². The van der Waals surface area contributed by atoms with E-state index < -0.39 is 19.4 Å². The van der Waals surface area contributed by atoms with Crippen molar-refractivity contribution in [3.63, 3.8) is 0 Å². The molecule has 0 heterocycles. The fraction of sp³-hybridized carbons (Fsp3) is 0.257. The first-order valence-electron chi connectivity index (χ1n) is 13.3. The molecule has 0 radical (unpaired) electrons. The summed E-state index contributed by atoms with van der Waals surface area (Å²) >= 11 is -2.73. The zero-order valence-electron chi connectivity index (χ0n) is 23.1. The van der Waals surface area contributed by atoms with Crippen LogP contribution >= 0.6 is 17.0 Å². The molecule has 0 saturated heterocycles. The number of hydrogen-bond donors (Lipinski definition) is 0. The zero-order valence-corrected chi connectivity index (χ0v) is 27.0. The van der Waals surface area contributed by atoms with Crippen molar-refractivity contribution in [3.05, 3.63) is 119 Å². The van der Waals surface area contributed by atoms with E-state index in [1.165, 1.54) is 55.6 Å². The van der Waals surface area contributed by atoms with Crippen LogP contribution in [0.1, 0.15) is 73.0 Å². The van der Waals surface area contributed by atoms with Crippen molar-refractivity contribution < 1.29 is 19.4 Å². The number of rotatable bonds is 4. The summed E-state index contributed by atoms with van der Waals surface area (Å²) in [6.07, 6.45) is 2.38. The van der Waals surface area contributed by atoms with Crippen molar-refractivity contribution in [1.29, 1.82) is 0 Å². The molecule has 0 aliphatic heterocycles. The molecule has 0 bridgehead atoms. The van der Waals surface area contributed by atoms with E-state index in [-0.39, 0.29) is 14.5 Å². The molecule has 1 aliphatic rings. The summed E-state index contributed by atoms with van der Waals surface area (Å²) in [6.45, 7) is 13.8. The molecule has 38 heavy (non-hydrogen) atoms. The molecule has 0 aromatic heterocycles. The second-order valence-corrected chi connectivity index (χ2v) is 21.2. The molecule has 0 spiro atoms. The number of halogens is 2. The van der Waals surface area contributed by atoms with Gasteiger partial charge in [-0.1, -0.05) is 0 Å². The monoisotopic (exact) mass is 615 g/mol. The molecule has 3 heteroatoms. The van der Waals surface area contributed by atoms with Gasteiger partial charge in [0.05, 0.1) is 0 Å². The van der Waals surface area contributed by atoms with Crippen molar-refractivity contribution in [2.24, 2.45) is 0 Å². The second-order valence-electron chi connectivity index (χ2n) is 12.3. The Bertz CT molecular complexity index is 1450. The van der Waals surface area contributed by atoms with Crippen molar-refractivity contribution in [1.82, 2.24) is 0 Å². The first kappa shape index (κ1) is 27.6. The summed E-state index contributed by atoms with van der Waals surface area (Å²) in [7, 11) is 13.8. The third kappa shape index (κ3) is 5.40. The quantitative estimate of drug-likeness (QED) is 0.214. The summed E-state index contributed by atoms with van der Waals surface area (Å²) in [5.74, 6) is 0. The number of fused-ring (bicyclic) bond motifs is 1. The van der Waals surface area contributed by atoms with Gasteiger partial charge in [0.1, 0.15) is 0 Å². The second kappa shape index (κ2) is 10.6. The van der Waals surface area contributed by atoms with Gasteiger partial charge in [0.2, 0.25) is 0 Å². The molecule has 0 fully saturated rings. The van der Waals surface area contributed by atoms with Crippen LogP contribution in [0.4, 0.5) is 0 Å². The molecule has 193 valence electrons. The first-order chi connectivity index (χ1) is 17.9. The topological polar surface area (TPSA) is 0 Å². The van der Waals surface area contributed by atoms with E-state index >= 15 is 0 Å². The molecule has 1 aliphatic carbocycles. The molecule has 1 unspecified atom stereocenters. The van der Waals surface area contributed by atoms with Crippen LogP contribution in [0.25, 0.3) is 33.9 Å². The number of benzene rings is 4. The predicted octanol–water partition coefficient (Wildman–Crippen LogP) is 11.1. The summed E-state index contributed by atoms with van der Waals surface area (Å²) in [6, 6.07) is 33.1. The van der Waals surface area contributed by atoms with Crippen molar-refractivity contribution in [2.45, 2.75) is 56.0 Å². The van der Waals surface area contributed by atoms with E-state index in [0.29, 0.717) is 0 Å². The Balaban J connectivity index is 1.87. The maximum atomic E-state index is 6.90. The van der Waals surface area contributed by atoms with E-state index in [1.807, 2.05) is 0 Å². The van der Waals surface area contributed by atoms with Crippen LogP contribution < -0.4 is 0 Å². The molecule has 0 amide bonds. The Morgan fingerprint density at radius 1 is 0.605 bits per heavy atom. The van der Waals surface area contributed by atoms with Crippen LogP contribution in [0.5, 0.6) is 0 Å². The molecule has 0 nitrogen and oxygen atoms in total. The van der Waals surface area contributed by atoms with Gasteiger partial charge < -0.3 is 0 Å². The average molecular weight is 618 g/mol. The fourth-order valence-electron chi connectivity index (χ4n) is 5.37. The van der Waals surface area contributed by atoms with E-state index in [1.54, 1.807) is 0 Å². The van der Waals surface area contributed by atoms with Crippen LogP contribution in [0.3, 0.4) is 0 Å². The fourth-order valence-corrected chi connectivity index (χ4v) is 10.5. The summed E-state index contributed by atoms with van der Waals surface area (Å²) in [5.41, 5.74) is 12.8. The Morgan fingerprint density at radius 2 is 1.13 bits per heavy atom. The zero-order chi connectivity index (χ0) is 27.2. The van der Waals surface area contributed by atoms with E-state index in [0.717, 1.165) is 0 Å². The number of allylic oxidation sites excluding steroid dienone is 1. The van der Waals surface area contributed by atoms with Gasteiger partial charge in [0.15, 0.2) is 0 Å². The molecular weight excluding hydrogens is 583 g/mol. The van der Waals surface area contributed by atoms with Crippen LogP contribution in [0.2, 0.25) is 0 Å². The van der Waals surface area contributed by atoms with Crippen LogP contribution in [0.15, 0.2) is 91.0 Å². The van der Waals surface area contributed by atoms with Gasteiger partial charge in [-0.15, -0.1) is 0 Å². The molecule has 0 N–H and O–H groups in total.